The van der Waals surface area contributed by atoms with E-state index in [0.717, 1.165) is 17.1 Å². The van der Waals surface area contributed by atoms with Crippen molar-refractivity contribution in [3.05, 3.63) is 16.1 Å². The van der Waals surface area contributed by atoms with Crippen molar-refractivity contribution in [3.8, 4) is 0 Å². The lowest BCUT2D eigenvalue weighted by Gasteiger charge is -2.01. The number of nitrogens with two attached hydrogens (primary N) is 1. The van der Waals surface area contributed by atoms with Crippen molar-refractivity contribution < 1.29 is 4.79 Å². The lowest BCUT2D eigenvalue weighted by atomic mass is 10.4. The topological polar surface area (TPSA) is 68.0 Å². The van der Waals surface area contributed by atoms with Crippen LogP contribution in [0.3, 0.4) is 0 Å². The third kappa shape index (κ3) is 3.85. The van der Waals surface area contributed by atoms with Crippen molar-refractivity contribution in [2.75, 3.05) is 13.1 Å². The number of nitrogens with zero attached hydrogens (tertiary/aromatic N) is 1. The summed E-state index contributed by atoms with van der Waals surface area (Å²) in [5.41, 5.74) is 6.28. The molecule has 4 nitrogen and oxygen atoms in total. The van der Waals surface area contributed by atoms with Gasteiger partial charge in [0, 0.05) is 17.6 Å². The SMILES string of the molecule is Cc1csc(CC(=O)NCCCN)n1. The number of nitrogens with one attached hydrogen (secondary N) is 1. The zero-order chi connectivity index (χ0) is 10.4. The Kier molecular flexibility index (Phi) is 4.55. The molecular formula is C9H15N3OS. The minimum atomic E-state index is 0.0211. The molecule has 5 heteroatoms. The minimum absolute atomic E-state index is 0.0211. The molecule has 0 spiro atoms. The average molecular weight is 213 g/mol. The predicted molar refractivity (Wildman–Crippen MR) is 57.2 cm³/mol. The van der Waals surface area contributed by atoms with Crippen LogP contribution in [0.1, 0.15) is 17.1 Å². The quantitative estimate of drug-likeness (QED) is 0.698. The Bertz CT molecular complexity index is 298. The molecule has 0 fully saturated rings. The Balaban J connectivity index is 2.27. The van der Waals surface area contributed by atoms with Gasteiger partial charge in [0.25, 0.3) is 0 Å². The Labute approximate surface area is 87.5 Å². The average Bonchev–Trinajstić information content (AvgIpc) is 2.52. The van der Waals surface area contributed by atoms with Gasteiger partial charge in [-0.1, -0.05) is 0 Å². The van der Waals surface area contributed by atoms with Crippen LogP contribution in [0, 0.1) is 6.92 Å². The Hall–Kier alpha value is -0.940. The number of aromatic nitrogens is 1. The Morgan fingerprint density at radius 3 is 3.07 bits per heavy atom. The number of rotatable bonds is 5. The molecule has 78 valence electrons. The highest BCUT2D eigenvalue weighted by atomic mass is 32.1. The zero-order valence-electron chi connectivity index (χ0n) is 8.25. The van der Waals surface area contributed by atoms with Gasteiger partial charge in [-0.3, -0.25) is 4.79 Å². The Morgan fingerprint density at radius 1 is 1.71 bits per heavy atom. The second-order valence-electron chi connectivity index (χ2n) is 3.05. The summed E-state index contributed by atoms with van der Waals surface area (Å²) in [5.74, 6) is 0.0211. The lowest BCUT2D eigenvalue weighted by molar-refractivity contribution is -0.120. The number of thiazole rings is 1. The molecule has 14 heavy (non-hydrogen) atoms. The molecule has 0 bridgehead atoms. The summed E-state index contributed by atoms with van der Waals surface area (Å²) >= 11 is 1.52. The number of carbonyl (C=O) groups is 1. The summed E-state index contributed by atoms with van der Waals surface area (Å²) in [6, 6.07) is 0. The van der Waals surface area contributed by atoms with Crippen LogP contribution in [0.5, 0.6) is 0 Å². The number of hydrogen-bond acceptors (Lipinski definition) is 4. The van der Waals surface area contributed by atoms with Crippen LogP contribution >= 0.6 is 11.3 Å². The van der Waals surface area contributed by atoms with E-state index < -0.39 is 0 Å². The van der Waals surface area contributed by atoms with Crippen molar-refractivity contribution in [3.63, 3.8) is 0 Å². The molecule has 0 aliphatic heterocycles. The van der Waals surface area contributed by atoms with E-state index in [1.807, 2.05) is 12.3 Å². The van der Waals surface area contributed by atoms with Crippen LogP contribution in [-0.2, 0) is 11.2 Å². The van der Waals surface area contributed by atoms with Gasteiger partial charge in [-0.25, -0.2) is 4.98 Å². The van der Waals surface area contributed by atoms with Gasteiger partial charge in [0.15, 0.2) is 0 Å². The van der Waals surface area contributed by atoms with Crippen LogP contribution in [0.4, 0.5) is 0 Å². The molecule has 1 aromatic heterocycles. The summed E-state index contributed by atoms with van der Waals surface area (Å²) in [5, 5.41) is 5.60. The highest BCUT2D eigenvalue weighted by Crippen LogP contribution is 2.08. The van der Waals surface area contributed by atoms with Gasteiger partial charge in [-0.2, -0.15) is 0 Å². The highest BCUT2D eigenvalue weighted by Gasteiger charge is 2.05. The molecule has 0 unspecified atom stereocenters. The molecule has 3 N–H and O–H groups in total. The molecule has 0 saturated heterocycles. The zero-order valence-corrected chi connectivity index (χ0v) is 9.06. The molecule has 1 rings (SSSR count). The molecule has 1 heterocycles. The maximum Gasteiger partial charge on any atom is 0.226 e. The van der Waals surface area contributed by atoms with Gasteiger partial charge in [0.05, 0.1) is 6.42 Å². The third-order valence-electron chi connectivity index (χ3n) is 1.68. The fourth-order valence-corrected chi connectivity index (χ4v) is 1.78. The standard InChI is InChI=1S/C9H15N3OS/c1-7-6-14-9(12-7)5-8(13)11-4-2-3-10/h6H,2-5,10H2,1H3,(H,11,13). The molecule has 0 saturated carbocycles. The molecular weight excluding hydrogens is 198 g/mol. The van der Waals surface area contributed by atoms with Gasteiger partial charge in [0.2, 0.25) is 5.91 Å². The van der Waals surface area contributed by atoms with E-state index in [-0.39, 0.29) is 5.91 Å². The fourth-order valence-electron chi connectivity index (χ4n) is 1.01. The van der Waals surface area contributed by atoms with E-state index >= 15 is 0 Å². The lowest BCUT2D eigenvalue weighted by Crippen LogP contribution is -2.27. The molecule has 0 aromatic carbocycles. The van der Waals surface area contributed by atoms with E-state index in [2.05, 4.69) is 10.3 Å². The van der Waals surface area contributed by atoms with Gasteiger partial charge in [-0.05, 0) is 19.9 Å². The normalized spacial score (nSPS) is 10.1. The van der Waals surface area contributed by atoms with Crippen LogP contribution in [0.2, 0.25) is 0 Å². The van der Waals surface area contributed by atoms with Crippen molar-refractivity contribution in [1.82, 2.24) is 10.3 Å². The summed E-state index contributed by atoms with van der Waals surface area (Å²) in [4.78, 5) is 15.5. The van der Waals surface area contributed by atoms with Crippen LogP contribution in [0.25, 0.3) is 0 Å². The largest absolute Gasteiger partial charge is 0.356 e. The fraction of sp³-hybridized carbons (Fsp3) is 0.556. The number of aryl methyl sites for hydroxylation is 1. The van der Waals surface area contributed by atoms with Crippen LogP contribution < -0.4 is 11.1 Å². The first-order valence-corrected chi connectivity index (χ1v) is 5.48. The number of carbonyl (C=O) groups excluding carboxylic acids is 1. The van der Waals surface area contributed by atoms with Crippen LogP contribution in [-0.4, -0.2) is 24.0 Å². The van der Waals surface area contributed by atoms with Crippen molar-refractivity contribution in [2.45, 2.75) is 19.8 Å². The maximum atomic E-state index is 11.3. The summed E-state index contributed by atoms with van der Waals surface area (Å²) in [7, 11) is 0. The van der Waals surface area contributed by atoms with E-state index in [1.54, 1.807) is 0 Å². The third-order valence-corrected chi connectivity index (χ3v) is 2.65. The van der Waals surface area contributed by atoms with E-state index in [0.29, 0.717) is 19.5 Å². The van der Waals surface area contributed by atoms with Crippen molar-refractivity contribution in [2.24, 2.45) is 5.73 Å². The van der Waals surface area contributed by atoms with E-state index in [1.165, 1.54) is 11.3 Å². The van der Waals surface area contributed by atoms with Gasteiger partial charge < -0.3 is 11.1 Å². The van der Waals surface area contributed by atoms with Crippen LogP contribution in [0.15, 0.2) is 5.38 Å². The molecule has 1 amide bonds. The van der Waals surface area contributed by atoms with Gasteiger partial charge >= 0.3 is 0 Å². The monoisotopic (exact) mass is 213 g/mol. The van der Waals surface area contributed by atoms with Crippen molar-refractivity contribution in [1.29, 1.82) is 0 Å². The molecule has 0 aliphatic rings. The maximum absolute atomic E-state index is 11.3. The first-order chi connectivity index (χ1) is 6.72. The smallest absolute Gasteiger partial charge is 0.226 e. The highest BCUT2D eigenvalue weighted by molar-refractivity contribution is 7.09. The first-order valence-electron chi connectivity index (χ1n) is 4.60. The molecule has 0 atom stereocenters. The summed E-state index contributed by atoms with van der Waals surface area (Å²) in [6.45, 7) is 3.18. The van der Waals surface area contributed by atoms with E-state index in [4.69, 9.17) is 5.73 Å². The second kappa shape index (κ2) is 5.72. The minimum Gasteiger partial charge on any atom is -0.356 e. The molecule has 1 aromatic rings. The molecule has 0 aliphatic carbocycles. The Morgan fingerprint density at radius 2 is 2.50 bits per heavy atom. The molecule has 0 radical (unpaired) electrons. The first kappa shape index (κ1) is 11.1. The van der Waals surface area contributed by atoms with Gasteiger partial charge in [0.1, 0.15) is 5.01 Å². The van der Waals surface area contributed by atoms with Crippen molar-refractivity contribution >= 4 is 17.2 Å². The van der Waals surface area contributed by atoms with Gasteiger partial charge in [-0.15, -0.1) is 11.3 Å². The van der Waals surface area contributed by atoms with E-state index in [9.17, 15) is 4.79 Å². The number of amides is 1. The second-order valence-corrected chi connectivity index (χ2v) is 3.99. The predicted octanol–water partition coefficient (Wildman–Crippen LogP) is 0.459. The summed E-state index contributed by atoms with van der Waals surface area (Å²) < 4.78 is 0. The summed E-state index contributed by atoms with van der Waals surface area (Å²) in [6.07, 6.45) is 1.20. The number of hydrogen-bond donors (Lipinski definition) is 2.